The molecule has 0 saturated carbocycles. The summed E-state index contributed by atoms with van der Waals surface area (Å²) in [5.74, 6) is -1.37. The third kappa shape index (κ3) is 5.33. The highest BCUT2D eigenvalue weighted by atomic mass is 16.5. The summed E-state index contributed by atoms with van der Waals surface area (Å²) in [6.45, 7) is 3.75. The SMILES string of the molecule is CCOc1ncc(CCC(=O)NC(C)C(=O)O)cn1. The smallest absolute Gasteiger partial charge is 0.325 e. The van der Waals surface area contributed by atoms with Gasteiger partial charge in [-0.1, -0.05) is 0 Å². The van der Waals surface area contributed by atoms with E-state index in [4.69, 9.17) is 9.84 Å². The second-order valence-electron chi connectivity index (χ2n) is 3.93. The topological polar surface area (TPSA) is 101 Å². The Bertz CT molecular complexity index is 433. The van der Waals surface area contributed by atoms with Crippen LogP contribution in [0.1, 0.15) is 25.8 Å². The van der Waals surface area contributed by atoms with Gasteiger partial charge >= 0.3 is 12.0 Å². The Morgan fingerprint density at radius 2 is 2.05 bits per heavy atom. The number of hydrogen-bond donors (Lipinski definition) is 2. The second-order valence-corrected chi connectivity index (χ2v) is 3.93. The summed E-state index contributed by atoms with van der Waals surface area (Å²) in [4.78, 5) is 30.0. The molecular formula is C12H17N3O4. The van der Waals surface area contributed by atoms with Crippen LogP contribution in [0.15, 0.2) is 12.4 Å². The third-order valence-electron chi connectivity index (χ3n) is 2.34. The Labute approximate surface area is 111 Å². The minimum atomic E-state index is -1.06. The molecule has 0 bridgehead atoms. The molecule has 1 aromatic heterocycles. The number of amides is 1. The second kappa shape index (κ2) is 7.30. The zero-order valence-corrected chi connectivity index (χ0v) is 10.9. The summed E-state index contributed by atoms with van der Waals surface area (Å²) in [6, 6.07) is -0.584. The number of nitrogens with zero attached hydrogens (tertiary/aromatic N) is 2. The van der Waals surface area contributed by atoms with Crippen molar-refractivity contribution in [3.63, 3.8) is 0 Å². The molecule has 0 saturated heterocycles. The van der Waals surface area contributed by atoms with E-state index in [-0.39, 0.29) is 12.3 Å². The van der Waals surface area contributed by atoms with Crippen molar-refractivity contribution in [2.24, 2.45) is 0 Å². The van der Waals surface area contributed by atoms with Gasteiger partial charge in [-0.25, -0.2) is 9.97 Å². The van der Waals surface area contributed by atoms with Crippen LogP contribution < -0.4 is 10.1 Å². The molecule has 0 spiro atoms. The summed E-state index contributed by atoms with van der Waals surface area (Å²) in [7, 11) is 0. The van der Waals surface area contributed by atoms with Crippen molar-refractivity contribution in [2.45, 2.75) is 32.7 Å². The number of ether oxygens (including phenoxy) is 1. The van der Waals surface area contributed by atoms with Crippen LogP contribution in [0.4, 0.5) is 0 Å². The van der Waals surface area contributed by atoms with E-state index in [9.17, 15) is 9.59 Å². The molecule has 1 unspecified atom stereocenters. The zero-order valence-electron chi connectivity index (χ0n) is 10.9. The predicted octanol–water partition coefficient (Wildman–Crippen LogP) is 0.397. The molecule has 7 nitrogen and oxygen atoms in total. The number of hydrogen-bond acceptors (Lipinski definition) is 5. The number of carboxylic acids is 1. The number of rotatable bonds is 7. The summed E-state index contributed by atoms with van der Waals surface area (Å²) in [5, 5.41) is 11.0. The zero-order chi connectivity index (χ0) is 14.3. The van der Waals surface area contributed by atoms with Gasteiger partial charge in [0.25, 0.3) is 0 Å². The van der Waals surface area contributed by atoms with E-state index in [0.29, 0.717) is 19.0 Å². The summed E-state index contributed by atoms with van der Waals surface area (Å²) < 4.78 is 5.10. The number of carboxylic acid groups (broad SMARTS) is 1. The van der Waals surface area contributed by atoms with Crippen LogP contribution in [0.25, 0.3) is 0 Å². The molecule has 0 radical (unpaired) electrons. The first kappa shape index (κ1) is 14.9. The lowest BCUT2D eigenvalue weighted by Crippen LogP contribution is -2.38. The van der Waals surface area contributed by atoms with Gasteiger partial charge in [-0.3, -0.25) is 9.59 Å². The lowest BCUT2D eigenvalue weighted by atomic mass is 10.2. The van der Waals surface area contributed by atoms with Gasteiger partial charge in [0.05, 0.1) is 6.61 Å². The number of carbonyl (C=O) groups excluding carboxylic acids is 1. The lowest BCUT2D eigenvalue weighted by molar-refractivity contribution is -0.141. The van der Waals surface area contributed by atoms with E-state index in [1.165, 1.54) is 6.92 Å². The largest absolute Gasteiger partial charge is 0.480 e. The van der Waals surface area contributed by atoms with Crippen LogP contribution >= 0.6 is 0 Å². The highest BCUT2D eigenvalue weighted by Gasteiger charge is 2.13. The van der Waals surface area contributed by atoms with Crippen LogP contribution in [-0.2, 0) is 16.0 Å². The van der Waals surface area contributed by atoms with Gasteiger partial charge in [-0.05, 0) is 25.8 Å². The summed E-state index contributed by atoms with van der Waals surface area (Å²) >= 11 is 0. The first-order chi connectivity index (χ1) is 9.02. The molecule has 1 heterocycles. The maximum atomic E-state index is 11.5. The molecule has 0 aromatic carbocycles. The Morgan fingerprint density at radius 3 is 2.58 bits per heavy atom. The molecule has 7 heteroatoms. The van der Waals surface area contributed by atoms with Crippen molar-refractivity contribution in [1.82, 2.24) is 15.3 Å². The molecule has 1 aromatic rings. The van der Waals surface area contributed by atoms with Crippen LogP contribution in [-0.4, -0.2) is 39.6 Å². The Hall–Kier alpha value is -2.18. The van der Waals surface area contributed by atoms with Crippen LogP contribution in [0.2, 0.25) is 0 Å². The van der Waals surface area contributed by atoms with Gasteiger partial charge in [0.1, 0.15) is 6.04 Å². The van der Waals surface area contributed by atoms with Gasteiger partial charge in [-0.2, -0.15) is 0 Å². The number of aromatic nitrogens is 2. The molecular weight excluding hydrogens is 250 g/mol. The fraction of sp³-hybridized carbons (Fsp3) is 0.500. The molecule has 104 valence electrons. The predicted molar refractivity (Wildman–Crippen MR) is 66.8 cm³/mol. The minimum Gasteiger partial charge on any atom is -0.480 e. The van der Waals surface area contributed by atoms with Gasteiger partial charge in [0, 0.05) is 18.8 Å². The summed E-state index contributed by atoms with van der Waals surface area (Å²) in [6.07, 6.45) is 3.82. The molecule has 0 aliphatic rings. The minimum absolute atomic E-state index is 0.189. The van der Waals surface area contributed by atoms with Crippen molar-refractivity contribution < 1.29 is 19.4 Å². The van der Waals surface area contributed by atoms with E-state index in [1.807, 2.05) is 6.92 Å². The Balaban J connectivity index is 2.39. The molecule has 1 amide bonds. The lowest BCUT2D eigenvalue weighted by Gasteiger charge is -2.08. The molecule has 19 heavy (non-hydrogen) atoms. The number of aliphatic carboxylic acids is 1. The first-order valence-electron chi connectivity index (χ1n) is 5.98. The Morgan fingerprint density at radius 1 is 1.42 bits per heavy atom. The third-order valence-corrected chi connectivity index (χ3v) is 2.34. The highest BCUT2D eigenvalue weighted by Crippen LogP contribution is 2.05. The molecule has 2 N–H and O–H groups in total. The monoisotopic (exact) mass is 267 g/mol. The maximum Gasteiger partial charge on any atom is 0.325 e. The van der Waals surface area contributed by atoms with E-state index in [0.717, 1.165) is 5.56 Å². The number of carbonyl (C=O) groups is 2. The number of aryl methyl sites for hydroxylation is 1. The molecule has 1 rings (SSSR count). The average molecular weight is 267 g/mol. The van der Waals surface area contributed by atoms with Crippen LogP contribution in [0.5, 0.6) is 6.01 Å². The van der Waals surface area contributed by atoms with Gasteiger partial charge in [-0.15, -0.1) is 0 Å². The van der Waals surface area contributed by atoms with Crippen molar-refractivity contribution >= 4 is 11.9 Å². The van der Waals surface area contributed by atoms with Gasteiger partial charge < -0.3 is 15.2 Å². The van der Waals surface area contributed by atoms with Crippen LogP contribution in [0.3, 0.4) is 0 Å². The van der Waals surface area contributed by atoms with E-state index < -0.39 is 12.0 Å². The van der Waals surface area contributed by atoms with E-state index in [2.05, 4.69) is 15.3 Å². The normalized spacial score (nSPS) is 11.7. The average Bonchev–Trinajstić information content (AvgIpc) is 2.38. The quantitative estimate of drug-likeness (QED) is 0.741. The molecule has 0 aliphatic heterocycles. The van der Waals surface area contributed by atoms with Gasteiger partial charge in [0.15, 0.2) is 0 Å². The summed E-state index contributed by atoms with van der Waals surface area (Å²) in [5.41, 5.74) is 0.793. The van der Waals surface area contributed by atoms with Crippen molar-refractivity contribution in [2.75, 3.05) is 6.61 Å². The Kier molecular flexibility index (Phi) is 5.72. The first-order valence-corrected chi connectivity index (χ1v) is 5.98. The van der Waals surface area contributed by atoms with Crippen molar-refractivity contribution in [3.8, 4) is 6.01 Å². The van der Waals surface area contributed by atoms with E-state index in [1.54, 1.807) is 12.4 Å². The molecule has 1 atom stereocenters. The van der Waals surface area contributed by atoms with Gasteiger partial charge in [0.2, 0.25) is 5.91 Å². The molecule has 0 aliphatic carbocycles. The number of nitrogens with one attached hydrogen (secondary N) is 1. The van der Waals surface area contributed by atoms with Crippen molar-refractivity contribution in [3.05, 3.63) is 18.0 Å². The fourth-order valence-electron chi connectivity index (χ4n) is 1.31. The molecule has 0 fully saturated rings. The fourth-order valence-corrected chi connectivity index (χ4v) is 1.31. The van der Waals surface area contributed by atoms with E-state index >= 15 is 0 Å². The van der Waals surface area contributed by atoms with Crippen LogP contribution in [0, 0.1) is 0 Å². The maximum absolute atomic E-state index is 11.5. The highest BCUT2D eigenvalue weighted by molar-refractivity contribution is 5.83. The standard InChI is InChI=1S/C12H17N3O4/c1-3-19-12-13-6-9(7-14-12)4-5-10(16)15-8(2)11(17)18/h6-8H,3-5H2,1-2H3,(H,15,16)(H,17,18). The van der Waals surface area contributed by atoms with Crippen molar-refractivity contribution in [1.29, 1.82) is 0 Å².